The molecule has 4 heteroatoms. The van der Waals surface area contributed by atoms with Crippen molar-refractivity contribution in [2.75, 3.05) is 12.8 Å². The van der Waals surface area contributed by atoms with Crippen molar-refractivity contribution in [3.05, 3.63) is 22.7 Å². The van der Waals surface area contributed by atoms with E-state index in [4.69, 9.17) is 27.3 Å². The van der Waals surface area contributed by atoms with Gasteiger partial charge >= 0.3 is 0 Å². The zero-order valence-electron chi connectivity index (χ0n) is 6.47. The Morgan fingerprint density at radius 1 is 1.58 bits per heavy atom. The molecule has 0 aromatic heterocycles. The Bertz CT molecular complexity index is 344. The molecule has 1 aromatic carbocycles. The summed E-state index contributed by atoms with van der Waals surface area (Å²) in [7, 11) is 1.46. The third-order valence-electron chi connectivity index (χ3n) is 1.41. The fourth-order valence-electron chi connectivity index (χ4n) is 0.871. The molecular weight excluding hydrogens is 176 g/mol. The van der Waals surface area contributed by atoms with Gasteiger partial charge in [-0.05, 0) is 6.07 Å². The lowest BCUT2D eigenvalue weighted by Crippen LogP contribution is -1.92. The summed E-state index contributed by atoms with van der Waals surface area (Å²) < 4.78 is 4.91. The third kappa shape index (κ3) is 1.44. The van der Waals surface area contributed by atoms with Gasteiger partial charge in [0.1, 0.15) is 17.4 Å². The van der Waals surface area contributed by atoms with Gasteiger partial charge in [-0.15, -0.1) is 0 Å². The van der Waals surface area contributed by atoms with Crippen LogP contribution in [-0.4, -0.2) is 7.11 Å². The molecule has 0 spiro atoms. The number of anilines is 1. The molecule has 0 bridgehead atoms. The number of benzene rings is 1. The Morgan fingerprint density at radius 3 is 2.75 bits per heavy atom. The molecule has 62 valence electrons. The van der Waals surface area contributed by atoms with E-state index in [0.29, 0.717) is 22.0 Å². The molecule has 3 nitrogen and oxygen atoms in total. The van der Waals surface area contributed by atoms with Crippen molar-refractivity contribution in [3.63, 3.8) is 0 Å². The molecule has 0 aliphatic heterocycles. The van der Waals surface area contributed by atoms with Crippen molar-refractivity contribution in [2.24, 2.45) is 0 Å². The number of hydrogen-bond donors (Lipinski definition) is 1. The van der Waals surface area contributed by atoms with E-state index in [-0.39, 0.29) is 0 Å². The number of halogens is 1. The van der Waals surface area contributed by atoms with Gasteiger partial charge < -0.3 is 10.5 Å². The van der Waals surface area contributed by atoms with Gasteiger partial charge in [0.2, 0.25) is 0 Å². The molecule has 0 fully saturated rings. The minimum atomic E-state index is 0.313. The van der Waals surface area contributed by atoms with Crippen molar-refractivity contribution >= 4 is 17.3 Å². The van der Waals surface area contributed by atoms with Gasteiger partial charge in [-0.25, -0.2) is 0 Å². The Hall–Kier alpha value is -1.40. The van der Waals surface area contributed by atoms with Gasteiger partial charge in [-0.3, -0.25) is 0 Å². The molecule has 0 unspecified atom stereocenters. The molecule has 0 amide bonds. The highest BCUT2D eigenvalue weighted by atomic mass is 35.5. The molecule has 1 rings (SSSR count). The van der Waals surface area contributed by atoms with Crippen molar-refractivity contribution in [1.82, 2.24) is 0 Å². The van der Waals surface area contributed by atoms with Crippen LogP contribution in [0.25, 0.3) is 0 Å². The van der Waals surface area contributed by atoms with E-state index in [1.54, 1.807) is 6.07 Å². The summed E-state index contributed by atoms with van der Waals surface area (Å²) in [4.78, 5) is 0. The second-order valence-electron chi connectivity index (χ2n) is 2.19. The fourth-order valence-corrected chi connectivity index (χ4v) is 1.13. The fraction of sp³-hybridized carbons (Fsp3) is 0.125. The Balaban J connectivity index is 3.36. The highest BCUT2D eigenvalue weighted by Gasteiger charge is 2.07. The Kier molecular flexibility index (Phi) is 2.41. The van der Waals surface area contributed by atoms with Gasteiger partial charge in [-0.1, -0.05) is 11.6 Å². The van der Waals surface area contributed by atoms with E-state index in [1.165, 1.54) is 13.2 Å². The first-order valence-corrected chi connectivity index (χ1v) is 3.60. The van der Waals surface area contributed by atoms with Crippen molar-refractivity contribution in [3.8, 4) is 11.8 Å². The number of nitrogens with zero attached hydrogens (tertiary/aromatic N) is 1. The van der Waals surface area contributed by atoms with Crippen molar-refractivity contribution in [2.45, 2.75) is 0 Å². The average molecular weight is 183 g/mol. The molecule has 0 radical (unpaired) electrons. The number of nitrogens with two attached hydrogens (primary N) is 1. The van der Waals surface area contributed by atoms with Crippen LogP contribution >= 0.6 is 11.6 Å². The van der Waals surface area contributed by atoms with E-state index in [2.05, 4.69) is 0 Å². The molecule has 0 aliphatic carbocycles. The van der Waals surface area contributed by atoms with Gasteiger partial charge in [0.05, 0.1) is 12.1 Å². The van der Waals surface area contributed by atoms with Crippen molar-refractivity contribution < 1.29 is 4.74 Å². The lowest BCUT2D eigenvalue weighted by atomic mass is 10.2. The maximum absolute atomic E-state index is 8.67. The first-order chi connectivity index (χ1) is 5.69. The lowest BCUT2D eigenvalue weighted by molar-refractivity contribution is 0.414. The number of rotatable bonds is 1. The molecule has 1 aromatic rings. The SMILES string of the molecule is COc1cc(N)cc(Cl)c1C#N. The summed E-state index contributed by atoms with van der Waals surface area (Å²) in [5, 5.41) is 8.98. The highest BCUT2D eigenvalue weighted by molar-refractivity contribution is 6.32. The van der Waals surface area contributed by atoms with E-state index in [9.17, 15) is 0 Å². The predicted molar refractivity (Wildman–Crippen MR) is 47.1 cm³/mol. The highest BCUT2D eigenvalue weighted by Crippen LogP contribution is 2.28. The number of methoxy groups -OCH3 is 1. The molecule has 0 aliphatic rings. The smallest absolute Gasteiger partial charge is 0.140 e. The van der Waals surface area contributed by atoms with Crippen LogP contribution in [0.15, 0.2) is 12.1 Å². The number of nitrogen functional groups attached to an aromatic ring is 1. The van der Waals surface area contributed by atoms with Crippen LogP contribution in [0.4, 0.5) is 5.69 Å². The zero-order valence-corrected chi connectivity index (χ0v) is 7.22. The van der Waals surface area contributed by atoms with Crippen LogP contribution in [0.1, 0.15) is 5.56 Å². The first-order valence-electron chi connectivity index (χ1n) is 3.22. The van der Waals surface area contributed by atoms with Crippen molar-refractivity contribution in [1.29, 1.82) is 5.26 Å². The standard InChI is InChI=1S/C8H7ClN2O/c1-12-8-3-5(11)2-7(9)6(8)4-10/h2-3H,11H2,1H3. The molecular formula is C8H7ClN2O. The normalized spacial score (nSPS) is 9.08. The Labute approximate surface area is 75.3 Å². The van der Waals surface area contributed by atoms with Crippen LogP contribution in [-0.2, 0) is 0 Å². The van der Waals surface area contributed by atoms with Gasteiger partial charge in [0.25, 0.3) is 0 Å². The van der Waals surface area contributed by atoms with Crippen LogP contribution in [0, 0.1) is 11.3 Å². The average Bonchev–Trinajstić information content (AvgIpc) is 2.03. The van der Waals surface area contributed by atoms with E-state index in [1.807, 2.05) is 6.07 Å². The van der Waals surface area contributed by atoms with Crippen LogP contribution < -0.4 is 10.5 Å². The van der Waals surface area contributed by atoms with Crippen LogP contribution in [0.2, 0.25) is 5.02 Å². The minimum absolute atomic E-state index is 0.313. The summed E-state index contributed by atoms with van der Waals surface area (Å²) >= 11 is 5.73. The molecule has 2 N–H and O–H groups in total. The summed E-state index contributed by atoms with van der Waals surface area (Å²) in [5.41, 5.74) is 6.28. The zero-order chi connectivity index (χ0) is 9.14. The van der Waals surface area contributed by atoms with E-state index >= 15 is 0 Å². The molecule has 0 saturated heterocycles. The second kappa shape index (κ2) is 3.33. The molecule has 0 atom stereocenters. The van der Waals surface area contributed by atoms with E-state index in [0.717, 1.165) is 0 Å². The Morgan fingerprint density at radius 2 is 2.25 bits per heavy atom. The molecule has 0 saturated carbocycles. The summed E-state index contributed by atoms with van der Waals surface area (Å²) in [6.07, 6.45) is 0. The molecule has 0 heterocycles. The summed E-state index contributed by atoms with van der Waals surface area (Å²) in [5.74, 6) is 0.405. The van der Waals surface area contributed by atoms with Gasteiger partial charge in [0.15, 0.2) is 0 Å². The van der Waals surface area contributed by atoms with Gasteiger partial charge in [-0.2, -0.15) is 5.26 Å². The maximum Gasteiger partial charge on any atom is 0.140 e. The quantitative estimate of drug-likeness (QED) is 0.674. The second-order valence-corrected chi connectivity index (χ2v) is 2.60. The monoisotopic (exact) mass is 182 g/mol. The van der Waals surface area contributed by atoms with Crippen LogP contribution in [0.3, 0.4) is 0 Å². The summed E-state index contributed by atoms with van der Waals surface area (Å²) in [6, 6.07) is 5.01. The predicted octanol–water partition coefficient (Wildman–Crippen LogP) is 1.80. The summed E-state index contributed by atoms with van der Waals surface area (Å²) in [6.45, 7) is 0. The van der Waals surface area contributed by atoms with E-state index < -0.39 is 0 Å². The first kappa shape index (κ1) is 8.69. The lowest BCUT2D eigenvalue weighted by Gasteiger charge is -2.04. The van der Waals surface area contributed by atoms with Gasteiger partial charge in [0, 0.05) is 11.8 Å². The topological polar surface area (TPSA) is 59.0 Å². The number of hydrogen-bond acceptors (Lipinski definition) is 3. The number of nitriles is 1. The number of ether oxygens (including phenoxy) is 1. The largest absolute Gasteiger partial charge is 0.495 e. The minimum Gasteiger partial charge on any atom is -0.495 e. The molecule has 12 heavy (non-hydrogen) atoms. The van der Waals surface area contributed by atoms with Crippen LogP contribution in [0.5, 0.6) is 5.75 Å². The third-order valence-corrected chi connectivity index (χ3v) is 1.71. The maximum atomic E-state index is 8.67.